The minimum atomic E-state index is -0.811. The lowest BCUT2D eigenvalue weighted by molar-refractivity contribution is -0.148. The third-order valence-electron chi connectivity index (χ3n) is 4.79. The number of rotatable bonds is 4. The van der Waals surface area contributed by atoms with Crippen molar-refractivity contribution < 1.29 is 14.7 Å². The van der Waals surface area contributed by atoms with Crippen LogP contribution in [0.2, 0.25) is 0 Å². The number of carbonyl (C=O) groups is 2. The maximum atomic E-state index is 12.2. The van der Waals surface area contributed by atoms with Gasteiger partial charge < -0.3 is 10.4 Å². The molecule has 2 saturated carbocycles. The average molecular weight is 267 g/mol. The summed E-state index contributed by atoms with van der Waals surface area (Å²) in [6.07, 6.45) is 6.91. The summed E-state index contributed by atoms with van der Waals surface area (Å²) < 4.78 is 0. The van der Waals surface area contributed by atoms with Gasteiger partial charge >= 0.3 is 5.97 Å². The molecule has 0 heterocycles. The largest absolute Gasteiger partial charge is 0.481 e. The Balaban J connectivity index is 1.82. The summed E-state index contributed by atoms with van der Waals surface area (Å²) in [7, 11) is 0. The number of aliphatic carboxylic acids is 1. The van der Waals surface area contributed by atoms with Gasteiger partial charge in [0.25, 0.3) is 0 Å². The Bertz CT molecular complexity index is 342. The molecular formula is C15H25NO3. The van der Waals surface area contributed by atoms with Crippen LogP contribution in [0.25, 0.3) is 0 Å². The second-order valence-corrected chi connectivity index (χ2v) is 6.37. The van der Waals surface area contributed by atoms with E-state index in [0.29, 0.717) is 12.3 Å². The van der Waals surface area contributed by atoms with Crippen LogP contribution in [-0.4, -0.2) is 23.5 Å². The Labute approximate surface area is 115 Å². The topological polar surface area (TPSA) is 66.4 Å². The van der Waals surface area contributed by atoms with Crippen molar-refractivity contribution in [1.29, 1.82) is 0 Å². The summed E-state index contributed by atoms with van der Waals surface area (Å²) in [5.41, 5.74) is 0. The molecule has 4 heteroatoms. The van der Waals surface area contributed by atoms with Crippen molar-refractivity contribution in [1.82, 2.24) is 5.32 Å². The quantitative estimate of drug-likeness (QED) is 0.822. The zero-order valence-electron chi connectivity index (χ0n) is 11.7. The van der Waals surface area contributed by atoms with Gasteiger partial charge in [-0.05, 0) is 37.5 Å². The summed E-state index contributed by atoms with van der Waals surface area (Å²) in [6, 6.07) is 0. The van der Waals surface area contributed by atoms with Crippen LogP contribution in [0.5, 0.6) is 0 Å². The maximum absolute atomic E-state index is 12.2. The fourth-order valence-electron chi connectivity index (χ4n) is 3.63. The van der Waals surface area contributed by atoms with Gasteiger partial charge in [-0.2, -0.15) is 0 Å². The molecule has 19 heavy (non-hydrogen) atoms. The first-order valence-electron chi connectivity index (χ1n) is 7.58. The van der Waals surface area contributed by atoms with Crippen LogP contribution >= 0.6 is 0 Å². The van der Waals surface area contributed by atoms with Crippen LogP contribution in [0, 0.1) is 23.7 Å². The van der Waals surface area contributed by atoms with Gasteiger partial charge in [0.05, 0.1) is 11.8 Å². The number of hydrogen-bond acceptors (Lipinski definition) is 2. The molecule has 2 fully saturated rings. The predicted octanol–water partition coefficient (Wildman–Crippen LogP) is 2.43. The highest BCUT2D eigenvalue weighted by Gasteiger charge is 2.35. The van der Waals surface area contributed by atoms with Gasteiger partial charge in [0, 0.05) is 6.54 Å². The summed E-state index contributed by atoms with van der Waals surface area (Å²) in [4.78, 5) is 23.4. The molecule has 0 aromatic rings. The number of carboxylic acid groups (broad SMARTS) is 1. The minimum absolute atomic E-state index is 0.0355. The molecule has 1 amide bonds. The summed E-state index contributed by atoms with van der Waals surface area (Å²) in [6.45, 7) is 2.98. The predicted molar refractivity (Wildman–Crippen MR) is 72.6 cm³/mol. The molecule has 0 saturated heterocycles. The molecule has 0 aromatic heterocycles. The monoisotopic (exact) mass is 267 g/mol. The van der Waals surface area contributed by atoms with Gasteiger partial charge in [-0.1, -0.05) is 26.2 Å². The SMILES string of the molecule is CC1CCC(CNC(=O)C2CCCCC2C(=O)O)C1. The van der Waals surface area contributed by atoms with E-state index in [1.807, 2.05) is 0 Å². The third-order valence-corrected chi connectivity index (χ3v) is 4.79. The maximum Gasteiger partial charge on any atom is 0.307 e. The van der Waals surface area contributed by atoms with Gasteiger partial charge in [-0.25, -0.2) is 0 Å². The van der Waals surface area contributed by atoms with E-state index in [4.69, 9.17) is 0 Å². The Morgan fingerprint density at radius 3 is 2.37 bits per heavy atom. The Morgan fingerprint density at radius 2 is 1.79 bits per heavy atom. The first-order valence-corrected chi connectivity index (χ1v) is 7.58. The highest BCUT2D eigenvalue weighted by atomic mass is 16.4. The van der Waals surface area contributed by atoms with Crippen molar-refractivity contribution in [2.24, 2.45) is 23.7 Å². The molecular weight excluding hydrogens is 242 g/mol. The van der Waals surface area contributed by atoms with Crippen molar-refractivity contribution >= 4 is 11.9 Å². The molecule has 2 aliphatic rings. The minimum Gasteiger partial charge on any atom is -0.481 e. The van der Waals surface area contributed by atoms with E-state index in [9.17, 15) is 14.7 Å². The molecule has 2 N–H and O–H groups in total. The smallest absolute Gasteiger partial charge is 0.307 e. The summed E-state index contributed by atoms with van der Waals surface area (Å²) >= 11 is 0. The lowest BCUT2D eigenvalue weighted by Gasteiger charge is -2.27. The van der Waals surface area contributed by atoms with Gasteiger partial charge in [0.1, 0.15) is 0 Å². The standard InChI is InChI=1S/C15H25NO3/c1-10-6-7-11(8-10)9-16-14(17)12-4-2-3-5-13(12)15(18)19/h10-13H,2-9H2,1H3,(H,16,17)(H,18,19). The van der Waals surface area contributed by atoms with E-state index < -0.39 is 11.9 Å². The second kappa shape index (κ2) is 6.40. The second-order valence-electron chi connectivity index (χ2n) is 6.37. The van der Waals surface area contributed by atoms with Gasteiger partial charge in [0.15, 0.2) is 0 Å². The molecule has 0 spiro atoms. The van der Waals surface area contributed by atoms with Crippen LogP contribution < -0.4 is 5.32 Å². The fourth-order valence-corrected chi connectivity index (χ4v) is 3.63. The molecule has 4 nitrogen and oxygen atoms in total. The first kappa shape index (κ1) is 14.4. The molecule has 0 radical (unpaired) electrons. The van der Waals surface area contributed by atoms with E-state index in [1.54, 1.807) is 0 Å². The zero-order chi connectivity index (χ0) is 13.8. The number of nitrogens with one attached hydrogen (secondary N) is 1. The number of hydrogen-bond donors (Lipinski definition) is 2. The fraction of sp³-hybridized carbons (Fsp3) is 0.867. The van der Waals surface area contributed by atoms with E-state index >= 15 is 0 Å². The number of carboxylic acids is 1. The highest BCUT2D eigenvalue weighted by molar-refractivity contribution is 5.84. The molecule has 108 valence electrons. The molecule has 4 unspecified atom stereocenters. The summed E-state index contributed by atoms with van der Waals surface area (Å²) in [5, 5.41) is 12.2. The van der Waals surface area contributed by atoms with E-state index in [1.165, 1.54) is 19.3 Å². The van der Waals surface area contributed by atoms with E-state index in [-0.39, 0.29) is 11.8 Å². The molecule has 0 aromatic carbocycles. The van der Waals surface area contributed by atoms with E-state index in [0.717, 1.165) is 31.7 Å². The number of amides is 1. The lowest BCUT2D eigenvalue weighted by Crippen LogP contribution is -2.41. The zero-order valence-corrected chi connectivity index (χ0v) is 11.7. The van der Waals surface area contributed by atoms with Crippen LogP contribution in [0.15, 0.2) is 0 Å². The van der Waals surface area contributed by atoms with Crippen molar-refractivity contribution in [2.75, 3.05) is 6.54 Å². The molecule has 4 atom stereocenters. The van der Waals surface area contributed by atoms with Crippen LogP contribution in [-0.2, 0) is 9.59 Å². The molecule has 0 aliphatic heterocycles. The van der Waals surface area contributed by atoms with Gasteiger partial charge in [-0.15, -0.1) is 0 Å². The number of carbonyl (C=O) groups excluding carboxylic acids is 1. The van der Waals surface area contributed by atoms with E-state index in [2.05, 4.69) is 12.2 Å². The van der Waals surface area contributed by atoms with Crippen molar-refractivity contribution in [3.8, 4) is 0 Å². The van der Waals surface area contributed by atoms with Crippen LogP contribution in [0.3, 0.4) is 0 Å². The van der Waals surface area contributed by atoms with Gasteiger partial charge in [0.2, 0.25) is 5.91 Å². The van der Waals surface area contributed by atoms with Crippen LogP contribution in [0.1, 0.15) is 51.9 Å². The normalized spacial score (nSPS) is 35.0. The molecule has 0 bridgehead atoms. The highest BCUT2D eigenvalue weighted by Crippen LogP contribution is 2.32. The average Bonchev–Trinajstić information content (AvgIpc) is 2.81. The first-order chi connectivity index (χ1) is 9.08. The van der Waals surface area contributed by atoms with Crippen molar-refractivity contribution in [2.45, 2.75) is 51.9 Å². The summed E-state index contributed by atoms with van der Waals surface area (Å²) in [5.74, 6) is -0.281. The molecule has 2 aliphatic carbocycles. The third kappa shape index (κ3) is 3.71. The van der Waals surface area contributed by atoms with Crippen molar-refractivity contribution in [3.05, 3.63) is 0 Å². The Hall–Kier alpha value is -1.06. The molecule has 2 rings (SSSR count). The van der Waals surface area contributed by atoms with Crippen LogP contribution in [0.4, 0.5) is 0 Å². The van der Waals surface area contributed by atoms with Gasteiger partial charge in [-0.3, -0.25) is 9.59 Å². The Kier molecular flexibility index (Phi) is 4.83. The lowest BCUT2D eigenvalue weighted by atomic mass is 9.78. The Morgan fingerprint density at radius 1 is 1.11 bits per heavy atom. The van der Waals surface area contributed by atoms with Crippen molar-refractivity contribution in [3.63, 3.8) is 0 Å².